The molecule has 0 amide bonds. The minimum absolute atomic E-state index is 0.0233. The van der Waals surface area contributed by atoms with Crippen LogP contribution in [0.3, 0.4) is 0 Å². The number of phenols is 1. The zero-order valence-electron chi connectivity index (χ0n) is 13.7. The van der Waals surface area contributed by atoms with E-state index in [1.165, 1.54) is 24.3 Å². The normalized spacial score (nSPS) is 12.6. The molecule has 128 valence electrons. The summed E-state index contributed by atoms with van der Waals surface area (Å²) in [5, 5.41) is 9.96. The van der Waals surface area contributed by atoms with Gasteiger partial charge < -0.3 is 5.11 Å². The van der Waals surface area contributed by atoms with Gasteiger partial charge in [-0.05, 0) is 24.1 Å². The van der Waals surface area contributed by atoms with Gasteiger partial charge in [-0.2, -0.15) is 0 Å². The second-order valence-electron chi connectivity index (χ2n) is 6.12. The second-order valence-corrected chi connectivity index (χ2v) is 7.17. The maximum atomic E-state index is 12.7. The third-order valence-corrected chi connectivity index (χ3v) is 5.63. The zero-order valence-corrected chi connectivity index (χ0v) is 14.5. The van der Waals surface area contributed by atoms with Gasteiger partial charge in [0.05, 0.1) is 15.3 Å². The lowest BCUT2D eigenvalue weighted by Gasteiger charge is -2.14. The van der Waals surface area contributed by atoms with E-state index in [4.69, 9.17) is 0 Å². The number of carbonyl (C=O) groups is 3. The van der Waals surface area contributed by atoms with E-state index in [2.05, 4.69) is 0 Å². The van der Waals surface area contributed by atoms with Crippen molar-refractivity contribution in [2.75, 3.05) is 0 Å². The molecule has 0 radical (unpaired) electrons. The molecule has 1 aromatic heterocycles. The van der Waals surface area contributed by atoms with Gasteiger partial charge in [0, 0.05) is 17.5 Å². The standard InChI is InChI=1S/C21H14O4S/c22-15(10-9-12-5-2-1-3-6-12)17-11-14-19(24)13-7-4-8-16(23)18(13)20(25)21(14)26-17/h1-8,11,23H,9-10H2. The fraction of sp³-hybridized carbons (Fsp3) is 0.0952. The molecule has 5 heteroatoms. The predicted octanol–water partition coefficient (Wildman–Crippen LogP) is 4.04. The third kappa shape index (κ3) is 2.66. The first-order chi connectivity index (χ1) is 12.6. The van der Waals surface area contributed by atoms with Crippen molar-refractivity contribution in [3.8, 4) is 5.75 Å². The van der Waals surface area contributed by atoms with Gasteiger partial charge in [-0.3, -0.25) is 14.4 Å². The molecular formula is C21H14O4S. The Morgan fingerprint density at radius 1 is 0.923 bits per heavy atom. The smallest absolute Gasteiger partial charge is 0.208 e. The Morgan fingerprint density at radius 2 is 1.69 bits per heavy atom. The van der Waals surface area contributed by atoms with E-state index in [1.54, 1.807) is 0 Å². The van der Waals surface area contributed by atoms with Gasteiger partial charge in [0.1, 0.15) is 5.75 Å². The van der Waals surface area contributed by atoms with Crippen LogP contribution in [0.4, 0.5) is 0 Å². The Labute approximate surface area is 153 Å². The van der Waals surface area contributed by atoms with Crippen LogP contribution in [0, 0.1) is 0 Å². The molecule has 0 unspecified atom stereocenters. The Morgan fingerprint density at radius 3 is 2.46 bits per heavy atom. The highest BCUT2D eigenvalue weighted by molar-refractivity contribution is 7.16. The Hall–Kier alpha value is -3.05. The van der Waals surface area contributed by atoms with Gasteiger partial charge in [0.25, 0.3) is 0 Å². The van der Waals surface area contributed by atoms with Gasteiger partial charge in [0.15, 0.2) is 11.6 Å². The van der Waals surface area contributed by atoms with E-state index < -0.39 is 5.78 Å². The van der Waals surface area contributed by atoms with E-state index in [-0.39, 0.29) is 38.9 Å². The van der Waals surface area contributed by atoms with Crippen LogP contribution < -0.4 is 0 Å². The highest BCUT2D eigenvalue weighted by Gasteiger charge is 2.34. The number of Topliss-reactive ketones (excluding diaryl/α,β-unsaturated/α-hetero) is 1. The van der Waals surface area contributed by atoms with E-state index in [1.807, 2.05) is 30.3 Å². The molecule has 3 aromatic rings. The number of hydrogen-bond donors (Lipinski definition) is 1. The van der Waals surface area contributed by atoms with Crippen LogP contribution in [0.5, 0.6) is 5.75 Å². The largest absolute Gasteiger partial charge is 0.507 e. The van der Waals surface area contributed by atoms with E-state index >= 15 is 0 Å². The summed E-state index contributed by atoms with van der Waals surface area (Å²) in [6.07, 6.45) is 0.912. The molecule has 0 saturated carbocycles. The number of aryl methyl sites for hydroxylation is 1. The lowest BCUT2D eigenvalue weighted by atomic mass is 9.88. The summed E-state index contributed by atoms with van der Waals surface area (Å²) in [5.74, 6) is -1.04. The minimum Gasteiger partial charge on any atom is -0.507 e. The van der Waals surface area contributed by atoms with Crippen LogP contribution in [0.2, 0.25) is 0 Å². The SMILES string of the molecule is O=C(CCc1ccccc1)c1cc2c(s1)C(=O)c1c(O)cccc1C2=O. The van der Waals surface area contributed by atoms with Crippen molar-refractivity contribution in [3.05, 3.63) is 86.6 Å². The number of phenolic OH excluding ortho intramolecular Hbond substituents is 1. The molecule has 4 rings (SSSR count). The average molecular weight is 362 g/mol. The van der Waals surface area contributed by atoms with Crippen molar-refractivity contribution < 1.29 is 19.5 Å². The van der Waals surface area contributed by atoms with Crippen molar-refractivity contribution in [1.29, 1.82) is 0 Å². The summed E-state index contributed by atoms with van der Waals surface area (Å²) in [7, 11) is 0. The fourth-order valence-corrected chi connectivity index (χ4v) is 4.19. The molecule has 1 N–H and O–H groups in total. The van der Waals surface area contributed by atoms with Crippen molar-refractivity contribution in [2.45, 2.75) is 12.8 Å². The number of ketones is 3. The first-order valence-corrected chi connectivity index (χ1v) is 9.00. The quantitative estimate of drug-likeness (QED) is 0.556. The lowest BCUT2D eigenvalue weighted by molar-refractivity contribution is 0.0979. The molecule has 0 fully saturated rings. The number of carbonyl (C=O) groups excluding carboxylic acids is 3. The molecule has 0 saturated heterocycles. The Kier molecular flexibility index (Phi) is 4.01. The van der Waals surface area contributed by atoms with E-state index in [0.717, 1.165) is 16.9 Å². The molecule has 0 bridgehead atoms. The van der Waals surface area contributed by atoms with Gasteiger partial charge in [-0.15, -0.1) is 11.3 Å². The lowest BCUT2D eigenvalue weighted by Crippen LogP contribution is -2.18. The van der Waals surface area contributed by atoms with E-state index in [9.17, 15) is 19.5 Å². The first kappa shape index (κ1) is 16.4. The fourth-order valence-electron chi connectivity index (χ4n) is 3.12. The molecular weight excluding hydrogens is 348 g/mol. The second kappa shape index (κ2) is 6.35. The Bertz CT molecular complexity index is 1050. The summed E-state index contributed by atoms with van der Waals surface area (Å²) in [4.78, 5) is 38.5. The predicted molar refractivity (Wildman–Crippen MR) is 98.4 cm³/mol. The summed E-state index contributed by atoms with van der Waals surface area (Å²) in [6, 6.07) is 15.6. The van der Waals surface area contributed by atoms with Gasteiger partial charge in [-0.25, -0.2) is 0 Å². The number of rotatable bonds is 4. The summed E-state index contributed by atoms with van der Waals surface area (Å²) >= 11 is 1.03. The number of benzene rings is 2. The molecule has 1 aliphatic carbocycles. The maximum absolute atomic E-state index is 12.7. The van der Waals surface area contributed by atoms with Crippen LogP contribution in [-0.4, -0.2) is 22.5 Å². The molecule has 1 aliphatic rings. The van der Waals surface area contributed by atoms with E-state index in [0.29, 0.717) is 17.7 Å². The van der Waals surface area contributed by atoms with Gasteiger partial charge in [-0.1, -0.05) is 42.5 Å². The molecule has 0 spiro atoms. The summed E-state index contributed by atoms with van der Waals surface area (Å²) < 4.78 is 0. The summed E-state index contributed by atoms with van der Waals surface area (Å²) in [6.45, 7) is 0. The molecule has 4 nitrogen and oxygen atoms in total. The van der Waals surface area contributed by atoms with Crippen LogP contribution >= 0.6 is 11.3 Å². The molecule has 0 aliphatic heterocycles. The summed E-state index contributed by atoms with van der Waals surface area (Å²) in [5.41, 5.74) is 1.52. The number of hydrogen-bond acceptors (Lipinski definition) is 5. The van der Waals surface area contributed by atoms with Crippen molar-refractivity contribution in [2.24, 2.45) is 0 Å². The van der Waals surface area contributed by atoms with Crippen molar-refractivity contribution in [3.63, 3.8) is 0 Å². The van der Waals surface area contributed by atoms with Gasteiger partial charge >= 0.3 is 0 Å². The molecule has 1 heterocycles. The Balaban J connectivity index is 1.63. The van der Waals surface area contributed by atoms with Crippen molar-refractivity contribution >= 4 is 28.7 Å². The highest BCUT2D eigenvalue weighted by atomic mass is 32.1. The van der Waals surface area contributed by atoms with Gasteiger partial charge in [0.2, 0.25) is 5.78 Å². The zero-order chi connectivity index (χ0) is 18.3. The first-order valence-electron chi connectivity index (χ1n) is 8.18. The van der Waals surface area contributed by atoms with Crippen LogP contribution in [0.1, 0.15) is 52.8 Å². The molecule has 26 heavy (non-hydrogen) atoms. The molecule has 0 atom stereocenters. The maximum Gasteiger partial charge on any atom is 0.208 e. The average Bonchev–Trinajstić information content (AvgIpc) is 3.11. The highest BCUT2D eigenvalue weighted by Crippen LogP contribution is 2.37. The monoisotopic (exact) mass is 362 g/mol. The topological polar surface area (TPSA) is 71.4 Å². The van der Waals surface area contributed by atoms with Crippen molar-refractivity contribution in [1.82, 2.24) is 0 Å². The van der Waals surface area contributed by atoms with Crippen LogP contribution in [-0.2, 0) is 6.42 Å². The number of thiophene rings is 1. The molecule has 2 aromatic carbocycles. The van der Waals surface area contributed by atoms with Crippen LogP contribution in [0.25, 0.3) is 0 Å². The van der Waals surface area contributed by atoms with Crippen LogP contribution in [0.15, 0.2) is 54.6 Å². The third-order valence-electron chi connectivity index (χ3n) is 4.46. The minimum atomic E-state index is -0.403. The number of aromatic hydroxyl groups is 1. The number of fused-ring (bicyclic) bond motifs is 2.